The number of rotatable bonds is 2. The fourth-order valence-corrected chi connectivity index (χ4v) is 6.13. The highest BCUT2D eigenvalue weighted by Gasteiger charge is 2.62. The van der Waals surface area contributed by atoms with Crippen molar-refractivity contribution in [2.24, 2.45) is 23.7 Å². The number of ether oxygens (including phenoxy) is 2. The van der Waals surface area contributed by atoms with E-state index >= 15 is 0 Å². The molecule has 0 aromatic rings. The fourth-order valence-electron chi connectivity index (χ4n) is 6.13. The Kier molecular flexibility index (Phi) is 5.48. The zero-order valence-electron chi connectivity index (χ0n) is 18.0. The van der Waals surface area contributed by atoms with Gasteiger partial charge < -0.3 is 19.7 Å². The van der Waals surface area contributed by atoms with Crippen LogP contribution in [-0.2, 0) is 19.1 Å². The molecular weight excluding hydrogens is 360 g/mol. The van der Waals surface area contributed by atoms with Gasteiger partial charge in [-0.1, -0.05) is 13.8 Å². The highest BCUT2D eigenvalue weighted by Crippen LogP contribution is 2.54. The van der Waals surface area contributed by atoms with E-state index in [9.17, 15) is 19.8 Å². The molecule has 8 atom stereocenters. The van der Waals surface area contributed by atoms with Crippen LogP contribution in [-0.4, -0.2) is 51.0 Å². The van der Waals surface area contributed by atoms with Crippen LogP contribution in [0.25, 0.3) is 0 Å². The minimum absolute atomic E-state index is 0.0324. The molecule has 2 bridgehead atoms. The first kappa shape index (κ1) is 21.7. The first-order valence-corrected chi connectivity index (χ1v) is 10.6. The molecule has 2 saturated heterocycles. The molecule has 0 amide bonds. The third-order valence-electron chi connectivity index (χ3n) is 7.50. The van der Waals surface area contributed by atoms with Crippen LogP contribution in [0.3, 0.4) is 0 Å². The van der Waals surface area contributed by atoms with Crippen LogP contribution in [0.5, 0.6) is 0 Å². The summed E-state index contributed by atoms with van der Waals surface area (Å²) < 4.78 is 12.1. The molecule has 3 fully saturated rings. The summed E-state index contributed by atoms with van der Waals surface area (Å²) in [6.45, 7) is 10.8. The predicted octanol–water partition coefficient (Wildman–Crippen LogP) is 2.63. The maximum absolute atomic E-state index is 13.5. The standard InChI is InChI=1S/C22H36O6/c1-12(2)14-7-10-22(6,28-13(3)23)18-15(24)11-21(5,26)16-8-9-20(4,25)19(27-16)17(14)18/h12,14,16-19,25-26H,7-11H2,1-6H3. The molecule has 160 valence electrons. The maximum atomic E-state index is 13.5. The van der Waals surface area contributed by atoms with E-state index in [2.05, 4.69) is 13.8 Å². The Hall–Kier alpha value is -0.980. The maximum Gasteiger partial charge on any atom is 0.303 e. The van der Waals surface area contributed by atoms with E-state index in [-0.39, 0.29) is 24.0 Å². The van der Waals surface area contributed by atoms with Gasteiger partial charge in [0.15, 0.2) is 0 Å². The molecule has 0 aromatic carbocycles. The van der Waals surface area contributed by atoms with Gasteiger partial charge in [-0.3, -0.25) is 9.59 Å². The highest BCUT2D eigenvalue weighted by atomic mass is 16.6. The molecule has 1 aliphatic carbocycles. The van der Waals surface area contributed by atoms with Crippen molar-refractivity contribution >= 4 is 11.8 Å². The predicted molar refractivity (Wildman–Crippen MR) is 103 cm³/mol. The van der Waals surface area contributed by atoms with Crippen molar-refractivity contribution in [3.8, 4) is 0 Å². The average Bonchev–Trinajstić information content (AvgIpc) is 2.50. The number of Topliss-reactive ketones (excluding diaryl/α,β-unsaturated/α-hetero) is 1. The van der Waals surface area contributed by atoms with E-state index in [1.54, 1.807) is 13.8 Å². The lowest BCUT2D eigenvalue weighted by atomic mass is 9.55. The van der Waals surface area contributed by atoms with E-state index in [0.29, 0.717) is 25.2 Å². The Morgan fingerprint density at radius 2 is 1.79 bits per heavy atom. The molecule has 6 heteroatoms. The number of aliphatic hydroxyl groups is 2. The third-order valence-corrected chi connectivity index (χ3v) is 7.50. The molecular formula is C22H36O6. The van der Waals surface area contributed by atoms with Crippen molar-refractivity contribution in [1.82, 2.24) is 0 Å². The molecule has 8 unspecified atom stereocenters. The number of ketones is 1. The smallest absolute Gasteiger partial charge is 0.303 e. The van der Waals surface area contributed by atoms with E-state index < -0.39 is 40.9 Å². The van der Waals surface area contributed by atoms with Gasteiger partial charge in [0, 0.05) is 19.3 Å². The summed E-state index contributed by atoms with van der Waals surface area (Å²) in [6, 6.07) is 0. The fraction of sp³-hybridized carbons (Fsp3) is 0.909. The van der Waals surface area contributed by atoms with Crippen LogP contribution in [0.1, 0.15) is 73.6 Å². The Bertz CT molecular complexity index is 639. The molecule has 3 aliphatic rings. The van der Waals surface area contributed by atoms with Gasteiger partial charge in [-0.15, -0.1) is 0 Å². The number of carbonyl (C=O) groups excluding carboxylic acids is 2. The first-order valence-electron chi connectivity index (χ1n) is 10.6. The number of carbonyl (C=O) groups is 2. The lowest BCUT2D eigenvalue weighted by molar-refractivity contribution is -0.264. The molecule has 28 heavy (non-hydrogen) atoms. The second-order valence-corrected chi connectivity index (χ2v) is 10.3. The molecule has 6 nitrogen and oxygen atoms in total. The van der Waals surface area contributed by atoms with Gasteiger partial charge in [0.25, 0.3) is 0 Å². The topological polar surface area (TPSA) is 93.1 Å². The summed E-state index contributed by atoms with van der Waals surface area (Å²) in [5.41, 5.74) is -3.37. The Labute approximate surface area is 168 Å². The third kappa shape index (κ3) is 3.63. The van der Waals surface area contributed by atoms with Crippen molar-refractivity contribution in [2.75, 3.05) is 0 Å². The summed E-state index contributed by atoms with van der Waals surface area (Å²) >= 11 is 0. The molecule has 2 aliphatic heterocycles. The van der Waals surface area contributed by atoms with Crippen molar-refractivity contribution in [2.45, 2.75) is 103 Å². The summed E-state index contributed by atoms with van der Waals surface area (Å²) in [7, 11) is 0. The van der Waals surface area contributed by atoms with Crippen molar-refractivity contribution < 1.29 is 29.3 Å². The molecule has 1 saturated carbocycles. The monoisotopic (exact) mass is 396 g/mol. The number of fused-ring (bicyclic) bond motifs is 4. The molecule has 0 spiro atoms. The Morgan fingerprint density at radius 3 is 2.36 bits per heavy atom. The molecule has 2 N–H and O–H groups in total. The van der Waals surface area contributed by atoms with Crippen LogP contribution in [0.2, 0.25) is 0 Å². The number of esters is 1. The van der Waals surface area contributed by atoms with Crippen LogP contribution in [0.4, 0.5) is 0 Å². The summed E-state index contributed by atoms with van der Waals surface area (Å²) in [4.78, 5) is 25.4. The van der Waals surface area contributed by atoms with Crippen LogP contribution in [0.15, 0.2) is 0 Å². The zero-order valence-corrected chi connectivity index (χ0v) is 18.0. The van der Waals surface area contributed by atoms with Gasteiger partial charge in [0.05, 0.1) is 29.3 Å². The van der Waals surface area contributed by atoms with Gasteiger partial charge in [-0.25, -0.2) is 0 Å². The van der Waals surface area contributed by atoms with Crippen LogP contribution in [0, 0.1) is 23.7 Å². The summed E-state index contributed by atoms with van der Waals surface area (Å²) in [5, 5.41) is 22.2. The van der Waals surface area contributed by atoms with E-state index in [1.807, 2.05) is 6.92 Å². The van der Waals surface area contributed by atoms with Gasteiger partial charge in [-0.2, -0.15) is 0 Å². The lowest BCUT2D eigenvalue weighted by Gasteiger charge is -2.58. The first-order chi connectivity index (χ1) is 12.8. The minimum Gasteiger partial charge on any atom is -0.459 e. The van der Waals surface area contributed by atoms with E-state index in [4.69, 9.17) is 9.47 Å². The van der Waals surface area contributed by atoms with Crippen LogP contribution >= 0.6 is 0 Å². The van der Waals surface area contributed by atoms with Crippen molar-refractivity contribution in [3.63, 3.8) is 0 Å². The second kappa shape index (κ2) is 7.06. The Morgan fingerprint density at radius 1 is 1.14 bits per heavy atom. The largest absolute Gasteiger partial charge is 0.459 e. The second-order valence-electron chi connectivity index (χ2n) is 10.3. The number of hydrogen-bond donors (Lipinski definition) is 2. The molecule has 0 radical (unpaired) electrons. The summed E-state index contributed by atoms with van der Waals surface area (Å²) in [5.74, 6) is -0.933. The van der Waals surface area contributed by atoms with Gasteiger partial charge >= 0.3 is 5.97 Å². The van der Waals surface area contributed by atoms with Crippen LogP contribution < -0.4 is 0 Å². The number of hydrogen-bond acceptors (Lipinski definition) is 6. The van der Waals surface area contributed by atoms with Crippen molar-refractivity contribution in [1.29, 1.82) is 0 Å². The quantitative estimate of drug-likeness (QED) is 0.697. The SMILES string of the molecule is CC(=O)OC1(C)CCC(C(C)C)C2C3OC(CCC3(C)O)C(C)(O)CC(=O)C21. The average molecular weight is 397 g/mol. The Balaban J connectivity index is 2.15. The summed E-state index contributed by atoms with van der Waals surface area (Å²) in [6.07, 6.45) is 1.29. The van der Waals surface area contributed by atoms with Gasteiger partial charge in [-0.05, 0) is 58.3 Å². The molecule has 3 rings (SSSR count). The van der Waals surface area contributed by atoms with E-state index in [1.165, 1.54) is 6.92 Å². The molecule has 0 aromatic heterocycles. The van der Waals surface area contributed by atoms with E-state index in [0.717, 1.165) is 6.42 Å². The zero-order chi connectivity index (χ0) is 21.1. The van der Waals surface area contributed by atoms with Crippen molar-refractivity contribution in [3.05, 3.63) is 0 Å². The lowest BCUT2D eigenvalue weighted by Crippen LogP contribution is -2.67. The van der Waals surface area contributed by atoms with Gasteiger partial charge in [0.1, 0.15) is 11.4 Å². The molecule has 2 heterocycles. The van der Waals surface area contributed by atoms with Gasteiger partial charge in [0.2, 0.25) is 0 Å². The highest BCUT2D eigenvalue weighted by molar-refractivity contribution is 5.84. The minimum atomic E-state index is -1.31. The normalized spacial score (nSPS) is 49.2.